The van der Waals surface area contributed by atoms with Crippen LogP contribution in [0, 0.1) is 19.8 Å². The zero-order valence-electron chi connectivity index (χ0n) is 12.0. The summed E-state index contributed by atoms with van der Waals surface area (Å²) in [4.78, 5) is 23.4. The molecule has 19 heavy (non-hydrogen) atoms. The largest absolute Gasteiger partial charge is 0.480 e. The number of aliphatic carboxylic acids is 1. The molecule has 1 heterocycles. The smallest absolute Gasteiger partial charge is 0.329 e. The molecular formula is C14H21NO4. The molecule has 1 amide bonds. The van der Waals surface area contributed by atoms with Crippen molar-refractivity contribution in [2.24, 2.45) is 5.92 Å². The zero-order valence-corrected chi connectivity index (χ0v) is 12.0. The zero-order chi connectivity index (χ0) is 14.8. The molecule has 0 fully saturated rings. The van der Waals surface area contributed by atoms with E-state index in [1.54, 1.807) is 13.0 Å². The van der Waals surface area contributed by atoms with Gasteiger partial charge in [-0.15, -0.1) is 0 Å². The van der Waals surface area contributed by atoms with Gasteiger partial charge in [-0.3, -0.25) is 4.79 Å². The number of furan rings is 1. The fraction of sp³-hybridized carbons (Fsp3) is 0.571. The molecule has 0 spiro atoms. The molecule has 1 rings (SSSR count). The van der Waals surface area contributed by atoms with Crippen molar-refractivity contribution in [1.82, 2.24) is 5.32 Å². The summed E-state index contributed by atoms with van der Waals surface area (Å²) in [5, 5.41) is 11.8. The van der Waals surface area contributed by atoms with E-state index in [1.165, 1.54) is 6.92 Å². The molecule has 1 atom stereocenters. The van der Waals surface area contributed by atoms with Gasteiger partial charge in [0.2, 0.25) is 0 Å². The van der Waals surface area contributed by atoms with Crippen LogP contribution in [0.4, 0.5) is 0 Å². The van der Waals surface area contributed by atoms with Crippen LogP contribution < -0.4 is 5.32 Å². The molecule has 0 saturated carbocycles. The summed E-state index contributed by atoms with van der Waals surface area (Å²) >= 11 is 0. The molecule has 0 aliphatic rings. The van der Waals surface area contributed by atoms with Gasteiger partial charge in [-0.25, -0.2) is 4.79 Å². The Morgan fingerprint density at radius 3 is 2.37 bits per heavy atom. The standard InChI is InChI=1S/C14H21NO4/c1-8(2)7-14(5,13(17)18)15-12(16)11-6-9(3)10(4)19-11/h6,8H,7H2,1-5H3,(H,15,16)(H,17,18)/t14-/m1/s1. The van der Waals surface area contributed by atoms with Gasteiger partial charge in [0.05, 0.1) is 0 Å². The van der Waals surface area contributed by atoms with Crippen LogP contribution in [0.25, 0.3) is 0 Å². The van der Waals surface area contributed by atoms with Gasteiger partial charge in [0.25, 0.3) is 5.91 Å². The number of aryl methyl sites for hydroxylation is 2. The maximum Gasteiger partial charge on any atom is 0.329 e. The first-order valence-corrected chi connectivity index (χ1v) is 6.28. The van der Waals surface area contributed by atoms with Crippen molar-refractivity contribution in [3.63, 3.8) is 0 Å². The highest BCUT2D eigenvalue weighted by atomic mass is 16.4. The minimum atomic E-state index is -1.29. The fourth-order valence-electron chi connectivity index (χ4n) is 2.01. The van der Waals surface area contributed by atoms with Gasteiger partial charge in [-0.1, -0.05) is 13.8 Å². The number of carbonyl (C=O) groups is 2. The summed E-state index contributed by atoms with van der Waals surface area (Å²) in [6.07, 6.45) is 0.354. The van der Waals surface area contributed by atoms with Gasteiger partial charge < -0.3 is 14.8 Å². The summed E-state index contributed by atoms with van der Waals surface area (Å²) in [6.45, 7) is 8.93. The first-order valence-electron chi connectivity index (χ1n) is 6.28. The lowest BCUT2D eigenvalue weighted by atomic mass is 9.90. The minimum absolute atomic E-state index is 0.145. The van der Waals surface area contributed by atoms with Crippen LogP contribution in [-0.2, 0) is 4.79 Å². The summed E-state index contributed by atoms with van der Waals surface area (Å²) < 4.78 is 5.30. The average molecular weight is 267 g/mol. The number of amides is 1. The van der Waals surface area contributed by atoms with Crippen molar-refractivity contribution in [3.8, 4) is 0 Å². The van der Waals surface area contributed by atoms with Crippen LogP contribution in [0.5, 0.6) is 0 Å². The fourth-order valence-corrected chi connectivity index (χ4v) is 2.01. The topological polar surface area (TPSA) is 79.5 Å². The Morgan fingerprint density at radius 1 is 1.42 bits per heavy atom. The number of hydrogen-bond donors (Lipinski definition) is 2. The Hall–Kier alpha value is -1.78. The van der Waals surface area contributed by atoms with Crippen molar-refractivity contribution < 1.29 is 19.1 Å². The Balaban J connectivity index is 2.91. The predicted octanol–water partition coefficient (Wildman–Crippen LogP) is 2.52. The van der Waals surface area contributed by atoms with Gasteiger partial charge >= 0.3 is 5.97 Å². The molecule has 0 aliphatic carbocycles. The molecule has 5 nitrogen and oxygen atoms in total. The number of carboxylic acids is 1. The number of carbonyl (C=O) groups excluding carboxylic acids is 1. The van der Waals surface area contributed by atoms with E-state index < -0.39 is 17.4 Å². The maximum absolute atomic E-state index is 12.0. The second kappa shape index (κ2) is 5.47. The van der Waals surface area contributed by atoms with E-state index >= 15 is 0 Å². The second-order valence-electron chi connectivity index (χ2n) is 5.54. The molecule has 0 radical (unpaired) electrons. The first kappa shape index (κ1) is 15.3. The van der Waals surface area contributed by atoms with E-state index in [0.29, 0.717) is 12.2 Å². The van der Waals surface area contributed by atoms with Gasteiger partial charge in [0.1, 0.15) is 11.3 Å². The summed E-state index contributed by atoms with van der Waals surface area (Å²) in [7, 11) is 0. The number of carboxylic acid groups (broad SMARTS) is 1. The number of hydrogen-bond acceptors (Lipinski definition) is 3. The van der Waals surface area contributed by atoms with Crippen molar-refractivity contribution in [2.45, 2.75) is 46.6 Å². The lowest BCUT2D eigenvalue weighted by molar-refractivity contribution is -0.144. The Morgan fingerprint density at radius 2 is 2.00 bits per heavy atom. The van der Waals surface area contributed by atoms with E-state index in [0.717, 1.165) is 5.56 Å². The average Bonchev–Trinajstić information content (AvgIpc) is 2.57. The SMILES string of the molecule is Cc1cc(C(=O)N[C@](C)(CC(C)C)C(=O)O)oc1C. The van der Waals surface area contributed by atoms with E-state index in [9.17, 15) is 14.7 Å². The molecule has 0 aliphatic heterocycles. The van der Waals surface area contributed by atoms with Crippen molar-refractivity contribution >= 4 is 11.9 Å². The predicted molar refractivity (Wildman–Crippen MR) is 71.1 cm³/mol. The monoisotopic (exact) mass is 267 g/mol. The minimum Gasteiger partial charge on any atom is -0.480 e. The van der Waals surface area contributed by atoms with Crippen LogP contribution in [0.2, 0.25) is 0 Å². The van der Waals surface area contributed by atoms with Crippen LogP contribution in [0.1, 0.15) is 49.1 Å². The van der Waals surface area contributed by atoms with Gasteiger partial charge in [-0.2, -0.15) is 0 Å². The quantitative estimate of drug-likeness (QED) is 0.859. The first-order chi connectivity index (χ1) is 8.65. The maximum atomic E-state index is 12.0. The van der Waals surface area contributed by atoms with E-state index in [-0.39, 0.29) is 11.7 Å². The third-order valence-corrected chi connectivity index (χ3v) is 3.07. The number of rotatable bonds is 5. The molecule has 106 valence electrons. The normalized spacial score (nSPS) is 14.2. The molecule has 2 N–H and O–H groups in total. The van der Waals surface area contributed by atoms with E-state index in [2.05, 4.69) is 5.32 Å². The van der Waals surface area contributed by atoms with Gasteiger partial charge in [0.15, 0.2) is 5.76 Å². The van der Waals surface area contributed by atoms with Crippen molar-refractivity contribution in [3.05, 3.63) is 23.2 Å². The molecule has 5 heteroatoms. The van der Waals surface area contributed by atoms with Crippen LogP contribution in [0.3, 0.4) is 0 Å². The number of nitrogens with one attached hydrogen (secondary N) is 1. The van der Waals surface area contributed by atoms with Crippen LogP contribution in [0.15, 0.2) is 10.5 Å². The highest BCUT2D eigenvalue weighted by Gasteiger charge is 2.36. The lowest BCUT2D eigenvalue weighted by Crippen LogP contribution is -2.52. The van der Waals surface area contributed by atoms with Gasteiger partial charge in [-0.05, 0) is 44.7 Å². The highest BCUT2D eigenvalue weighted by Crippen LogP contribution is 2.19. The second-order valence-corrected chi connectivity index (χ2v) is 5.54. The third-order valence-electron chi connectivity index (χ3n) is 3.07. The highest BCUT2D eigenvalue weighted by molar-refractivity contribution is 5.95. The molecule has 0 bridgehead atoms. The Labute approximate surface area is 113 Å². The summed E-state index contributed by atoms with van der Waals surface area (Å²) in [5.41, 5.74) is -0.425. The van der Waals surface area contributed by atoms with Crippen LogP contribution in [-0.4, -0.2) is 22.5 Å². The van der Waals surface area contributed by atoms with Gasteiger partial charge in [0, 0.05) is 0 Å². The van der Waals surface area contributed by atoms with E-state index in [1.807, 2.05) is 20.8 Å². The van der Waals surface area contributed by atoms with Crippen molar-refractivity contribution in [1.29, 1.82) is 0 Å². The van der Waals surface area contributed by atoms with E-state index in [4.69, 9.17) is 4.42 Å². The van der Waals surface area contributed by atoms with Crippen LogP contribution >= 0.6 is 0 Å². The summed E-state index contributed by atoms with van der Waals surface area (Å²) in [5.74, 6) is -0.588. The molecule has 0 saturated heterocycles. The molecular weight excluding hydrogens is 246 g/mol. The third kappa shape index (κ3) is 3.59. The molecule has 0 aromatic carbocycles. The lowest BCUT2D eigenvalue weighted by Gasteiger charge is -2.27. The molecule has 1 aromatic rings. The molecule has 1 aromatic heterocycles. The molecule has 0 unspecified atom stereocenters. The Kier molecular flexibility index (Phi) is 4.39. The van der Waals surface area contributed by atoms with Crippen molar-refractivity contribution in [2.75, 3.05) is 0 Å². The summed E-state index contributed by atoms with van der Waals surface area (Å²) in [6, 6.07) is 1.61. The Bertz CT molecular complexity index is 470.